The van der Waals surface area contributed by atoms with Crippen LogP contribution in [-0.2, 0) is 9.53 Å². The predicted molar refractivity (Wildman–Crippen MR) is 76.2 cm³/mol. The van der Waals surface area contributed by atoms with Crippen LogP contribution in [0.4, 0.5) is 18.9 Å². The third kappa shape index (κ3) is 6.76. The number of hydrogen-bond donors (Lipinski definition) is 2. The van der Waals surface area contributed by atoms with Gasteiger partial charge >= 0.3 is 12.1 Å². The van der Waals surface area contributed by atoms with Gasteiger partial charge < -0.3 is 15.2 Å². The summed E-state index contributed by atoms with van der Waals surface area (Å²) in [5, 5.41) is 11.3. The van der Waals surface area contributed by atoms with E-state index in [4.69, 9.17) is 5.11 Å². The number of carbonyl (C=O) groups is 2. The van der Waals surface area contributed by atoms with Gasteiger partial charge in [0, 0.05) is 3.57 Å². The van der Waals surface area contributed by atoms with E-state index in [-0.39, 0.29) is 17.7 Å². The SMILES string of the molecule is O=C(CCOCC(F)(F)F)Nc1ccc(I)cc1C(=O)O. The molecule has 9 heteroatoms. The highest BCUT2D eigenvalue weighted by molar-refractivity contribution is 14.1. The van der Waals surface area contributed by atoms with Crippen molar-refractivity contribution in [1.29, 1.82) is 0 Å². The number of carbonyl (C=O) groups excluding carboxylic acids is 1. The Bertz CT molecular complexity index is 534. The minimum absolute atomic E-state index is 0.0868. The van der Waals surface area contributed by atoms with Crippen LogP contribution in [0.15, 0.2) is 18.2 Å². The molecule has 1 aromatic carbocycles. The van der Waals surface area contributed by atoms with E-state index in [1.807, 2.05) is 22.6 Å². The molecular weight excluding hydrogens is 406 g/mol. The van der Waals surface area contributed by atoms with E-state index in [0.717, 1.165) is 0 Å². The van der Waals surface area contributed by atoms with Gasteiger partial charge in [0.15, 0.2) is 0 Å². The molecule has 1 rings (SSSR count). The second-order valence-electron chi connectivity index (χ2n) is 3.96. The van der Waals surface area contributed by atoms with E-state index in [9.17, 15) is 22.8 Å². The van der Waals surface area contributed by atoms with Gasteiger partial charge in [-0.15, -0.1) is 0 Å². The third-order valence-corrected chi connectivity index (χ3v) is 2.90. The molecule has 21 heavy (non-hydrogen) atoms. The third-order valence-electron chi connectivity index (χ3n) is 2.23. The Hall–Kier alpha value is -1.36. The summed E-state index contributed by atoms with van der Waals surface area (Å²) in [6.07, 6.45) is -4.75. The summed E-state index contributed by atoms with van der Waals surface area (Å²) in [5.74, 6) is -1.84. The highest BCUT2D eigenvalue weighted by Gasteiger charge is 2.27. The van der Waals surface area contributed by atoms with Crippen molar-refractivity contribution in [2.45, 2.75) is 12.6 Å². The Morgan fingerprint density at radius 3 is 2.57 bits per heavy atom. The second-order valence-corrected chi connectivity index (χ2v) is 5.21. The zero-order chi connectivity index (χ0) is 16.0. The van der Waals surface area contributed by atoms with E-state index in [1.54, 1.807) is 6.07 Å². The molecule has 0 radical (unpaired) electrons. The molecule has 0 aliphatic carbocycles. The Kier molecular flexibility index (Phi) is 6.40. The number of alkyl halides is 3. The molecule has 0 aliphatic rings. The second kappa shape index (κ2) is 7.59. The van der Waals surface area contributed by atoms with Gasteiger partial charge in [-0.05, 0) is 40.8 Å². The van der Waals surface area contributed by atoms with Gasteiger partial charge in [0.2, 0.25) is 5.91 Å². The minimum atomic E-state index is -4.44. The molecule has 0 aliphatic heterocycles. The van der Waals surface area contributed by atoms with Gasteiger partial charge in [-0.2, -0.15) is 13.2 Å². The first-order valence-corrected chi connectivity index (χ1v) is 6.74. The zero-order valence-electron chi connectivity index (χ0n) is 10.5. The van der Waals surface area contributed by atoms with Gasteiger partial charge in [-0.1, -0.05) is 0 Å². The minimum Gasteiger partial charge on any atom is -0.478 e. The molecule has 1 aromatic rings. The Labute approximate surface area is 131 Å². The lowest BCUT2D eigenvalue weighted by molar-refractivity contribution is -0.174. The molecular formula is C12H11F3INO4. The van der Waals surface area contributed by atoms with Crippen molar-refractivity contribution in [3.63, 3.8) is 0 Å². The van der Waals surface area contributed by atoms with Gasteiger partial charge in [-0.25, -0.2) is 4.79 Å². The van der Waals surface area contributed by atoms with E-state index >= 15 is 0 Å². The van der Waals surface area contributed by atoms with E-state index in [0.29, 0.717) is 3.57 Å². The number of ether oxygens (including phenoxy) is 1. The standard InChI is InChI=1S/C12H11F3INO4/c13-12(14,15)6-21-4-3-10(18)17-9-2-1-7(16)5-8(9)11(19)20/h1-2,5H,3-4,6H2,(H,17,18)(H,19,20). The normalized spacial score (nSPS) is 11.2. The average Bonchev–Trinajstić information content (AvgIpc) is 2.35. The van der Waals surface area contributed by atoms with Gasteiger partial charge in [0.25, 0.3) is 0 Å². The summed E-state index contributed by atoms with van der Waals surface area (Å²) in [6.45, 7) is -1.83. The first-order chi connectivity index (χ1) is 9.69. The molecule has 116 valence electrons. The molecule has 0 saturated carbocycles. The van der Waals surface area contributed by atoms with Crippen LogP contribution in [0.2, 0.25) is 0 Å². The lowest BCUT2D eigenvalue weighted by atomic mass is 10.2. The van der Waals surface area contributed by atoms with Crippen molar-refractivity contribution in [2.24, 2.45) is 0 Å². The van der Waals surface area contributed by atoms with Crippen molar-refractivity contribution in [3.8, 4) is 0 Å². The van der Waals surface area contributed by atoms with Gasteiger partial charge in [0.1, 0.15) is 6.61 Å². The van der Waals surface area contributed by atoms with Crippen molar-refractivity contribution >= 4 is 40.2 Å². The van der Waals surface area contributed by atoms with Crippen LogP contribution in [0.1, 0.15) is 16.8 Å². The van der Waals surface area contributed by atoms with E-state index < -0.39 is 31.3 Å². The molecule has 0 spiro atoms. The summed E-state index contributed by atoms with van der Waals surface area (Å²) < 4.78 is 40.4. The fourth-order valence-electron chi connectivity index (χ4n) is 1.37. The fraction of sp³-hybridized carbons (Fsp3) is 0.333. The van der Waals surface area contributed by atoms with Gasteiger partial charge in [0.05, 0.1) is 24.3 Å². The summed E-state index contributed by atoms with van der Waals surface area (Å²) in [4.78, 5) is 22.6. The van der Waals surface area contributed by atoms with Gasteiger partial charge in [-0.3, -0.25) is 4.79 Å². The highest BCUT2D eigenvalue weighted by atomic mass is 127. The van der Waals surface area contributed by atoms with Crippen LogP contribution in [0, 0.1) is 3.57 Å². The van der Waals surface area contributed by atoms with Crippen molar-refractivity contribution in [2.75, 3.05) is 18.5 Å². The van der Waals surface area contributed by atoms with E-state index in [2.05, 4.69) is 10.1 Å². The number of carboxylic acids is 1. The Balaban J connectivity index is 2.54. The molecule has 0 heterocycles. The summed E-state index contributed by atoms with van der Waals surface area (Å²) >= 11 is 1.92. The average molecular weight is 417 g/mol. The molecule has 2 N–H and O–H groups in total. The molecule has 0 aromatic heterocycles. The largest absolute Gasteiger partial charge is 0.478 e. The summed E-state index contributed by atoms with van der Waals surface area (Å²) in [7, 11) is 0. The molecule has 0 saturated heterocycles. The van der Waals surface area contributed by atoms with Crippen molar-refractivity contribution in [3.05, 3.63) is 27.3 Å². The molecule has 0 unspecified atom stereocenters. The van der Waals surface area contributed by atoms with Crippen LogP contribution in [0.5, 0.6) is 0 Å². The number of nitrogens with one attached hydrogen (secondary N) is 1. The molecule has 5 nitrogen and oxygen atoms in total. The lowest BCUT2D eigenvalue weighted by Crippen LogP contribution is -2.20. The lowest BCUT2D eigenvalue weighted by Gasteiger charge is -2.10. The van der Waals surface area contributed by atoms with Crippen LogP contribution in [0.25, 0.3) is 0 Å². The Morgan fingerprint density at radius 2 is 2.00 bits per heavy atom. The van der Waals surface area contributed by atoms with Crippen LogP contribution in [0.3, 0.4) is 0 Å². The number of halogens is 4. The maximum Gasteiger partial charge on any atom is 0.411 e. The van der Waals surface area contributed by atoms with Crippen LogP contribution >= 0.6 is 22.6 Å². The van der Waals surface area contributed by atoms with E-state index in [1.165, 1.54) is 12.1 Å². The smallest absolute Gasteiger partial charge is 0.411 e. The first-order valence-electron chi connectivity index (χ1n) is 5.66. The van der Waals surface area contributed by atoms with Crippen LogP contribution in [-0.4, -0.2) is 36.4 Å². The fourth-order valence-corrected chi connectivity index (χ4v) is 1.86. The number of anilines is 1. The number of carboxylic acid groups (broad SMARTS) is 1. The zero-order valence-corrected chi connectivity index (χ0v) is 12.7. The summed E-state index contributed by atoms with van der Waals surface area (Å²) in [6, 6.07) is 4.39. The number of amides is 1. The topological polar surface area (TPSA) is 75.6 Å². The Morgan fingerprint density at radius 1 is 1.33 bits per heavy atom. The van der Waals surface area contributed by atoms with Crippen molar-refractivity contribution < 1.29 is 32.6 Å². The van der Waals surface area contributed by atoms with Crippen molar-refractivity contribution in [1.82, 2.24) is 0 Å². The maximum atomic E-state index is 11.8. The molecule has 0 fully saturated rings. The number of aromatic carboxylic acids is 1. The summed E-state index contributed by atoms with van der Waals surface area (Å²) in [5.41, 5.74) is -0.00445. The quantitative estimate of drug-likeness (QED) is 0.552. The molecule has 0 bridgehead atoms. The maximum absolute atomic E-state index is 11.8. The molecule has 1 amide bonds. The highest BCUT2D eigenvalue weighted by Crippen LogP contribution is 2.19. The number of rotatable bonds is 6. The first kappa shape index (κ1) is 17.7. The monoisotopic (exact) mass is 417 g/mol. The number of hydrogen-bond acceptors (Lipinski definition) is 3. The van der Waals surface area contributed by atoms with Crippen LogP contribution < -0.4 is 5.32 Å². The predicted octanol–water partition coefficient (Wildman–Crippen LogP) is 2.90. The number of benzene rings is 1. The molecule has 0 atom stereocenters.